The molecule has 4 nitrogen and oxygen atoms in total. The zero-order chi connectivity index (χ0) is 17.9. The van der Waals surface area contributed by atoms with E-state index in [0.29, 0.717) is 12.4 Å². The highest BCUT2D eigenvalue weighted by atomic mass is 16.5. The van der Waals surface area contributed by atoms with Gasteiger partial charge in [0.15, 0.2) is 5.82 Å². The Morgan fingerprint density at radius 3 is 2.50 bits per heavy atom. The number of hydrogen-bond donors (Lipinski definition) is 0. The van der Waals surface area contributed by atoms with Gasteiger partial charge in [-0.2, -0.15) is 0 Å². The zero-order valence-corrected chi connectivity index (χ0v) is 14.8. The van der Waals surface area contributed by atoms with E-state index in [4.69, 9.17) is 9.72 Å². The number of hydrogen-bond acceptors (Lipinski definition) is 4. The van der Waals surface area contributed by atoms with Gasteiger partial charge in [0.25, 0.3) is 0 Å². The van der Waals surface area contributed by atoms with Crippen LogP contribution in [0, 0.1) is 6.92 Å². The van der Waals surface area contributed by atoms with Gasteiger partial charge >= 0.3 is 0 Å². The molecule has 4 rings (SSSR count). The third-order valence-corrected chi connectivity index (χ3v) is 4.25. The number of nitrogens with zero attached hydrogens (tertiary/aromatic N) is 3. The van der Waals surface area contributed by atoms with Gasteiger partial charge in [-0.05, 0) is 55.8 Å². The van der Waals surface area contributed by atoms with Crippen molar-refractivity contribution < 1.29 is 4.74 Å². The molecular weight excluding hydrogens is 322 g/mol. The SMILES string of the molecule is CCOc1ccc(-c2nc(-c3ncc4ccccc4n3)ccc2C)cc1. The summed E-state index contributed by atoms with van der Waals surface area (Å²) < 4.78 is 5.52. The van der Waals surface area contributed by atoms with Gasteiger partial charge in [0.2, 0.25) is 0 Å². The van der Waals surface area contributed by atoms with Crippen LogP contribution in [0.15, 0.2) is 66.9 Å². The van der Waals surface area contributed by atoms with E-state index >= 15 is 0 Å². The predicted octanol–water partition coefficient (Wildman–Crippen LogP) is 5.07. The van der Waals surface area contributed by atoms with Crippen LogP contribution in [0.25, 0.3) is 33.7 Å². The number of pyridine rings is 1. The number of benzene rings is 2. The topological polar surface area (TPSA) is 47.9 Å². The fraction of sp³-hybridized carbons (Fsp3) is 0.136. The lowest BCUT2D eigenvalue weighted by molar-refractivity contribution is 0.340. The smallest absolute Gasteiger partial charge is 0.178 e. The molecule has 0 N–H and O–H groups in total. The maximum atomic E-state index is 5.52. The number of aryl methyl sites for hydroxylation is 1. The Kier molecular flexibility index (Phi) is 4.32. The molecule has 0 saturated carbocycles. The number of rotatable bonds is 4. The molecule has 26 heavy (non-hydrogen) atoms. The normalized spacial score (nSPS) is 10.8. The summed E-state index contributed by atoms with van der Waals surface area (Å²) in [6, 6.07) is 20.0. The minimum absolute atomic E-state index is 0.635. The summed E-state index contributed by atoms with van der Waals surface area (Å²) in [7, 11) is 0. The molecule has 4 aromatic rings. The first kappa shape index (κ1) is 16.2. The highest BCUT2D eigenvalue weighted by molar-refractivity contribution is 5.79. The minimum atomic E-state index is 0.635. The molecule has 0 aliphatic heterocycles. The van der Waals surface area contributed by atoms with E-state index < -0.39 is 0 Å². The first-order valence-electron chi connectivity index (χ1n) is 8.67. The van der Waals surface area contributed by atoms with Crippen LogP contribution in [0.1, 0.15) is 12.5 Å². The van der Waals surface area contributed by atoms with E-state index in [0.717, 1.165) is 39.2 Å². The number of ether oxygens (including phenoxy) is 1. The lowest BCUT2D eigenvalue weighted by Crippen LogP contribution is -1.96. The second kappa shape index (κ2) is 6.92. The average Bonchev–Trinajstić information content (AvgIpc) is 2.69. The molecule has 0 unspecified atom stereocenters. The Labute approximate surface area is 152 Å². The van der Waals surface area contributed by atoms with Crippen molar-refractivity contribution in [2.45, 2.75) is 13.8 Å². The summed E-state index contributed by atoms with van der Waals surface area (Å²) >= 11 is 0. The number of aromatic nitrogens is 3. The Morgan fingerprint density at radius 1 is 0.885 bits per heavy atom. The fourth-order valence-electron chi connectivity index (χ4n) is 2.92. The van der Waals surface area contributed by atoms with Crippen molar-refractivity contribution in [3.63, 3.8) is 0 Å². The molecule has 0 saturated heterocycles. The molecule has 0 radical (unpaired) electrons. The van der Waals surface area contributed by atoms with Crippen molar-refractivity contribution in [2.24, 2.45) is 0 Å². The Hall–Kier alpha value is -3.27. The first-order valence-corrected chi connectivity index (χ1v) is 8.67. The predicted molar refractivity (Wildman–Crippen MR) is 104 cm³/mol. The van der Waals surface area contributed by atoms with Crippen LogP contribution in [0.2, 0.25) is 0 Å². The van der Waals surface area contributed by atoms with Gasteiger partial charge in [-0.15, -0.1) is 0 Å². The molecule has 0 atom stereocenters. The van der Waals surface area contributed by atoms with Gasteiger partial charge in [-0.3, -0.25) is 0 Å². The molecule has 0 aliphatic carbocycles. The van der Waals surface area contributed by atoms with Crippen molar-refractivity contribution in [2.75, 3.05) is 6.61 Å². The molecular formula is C22H19N3O. The largest absolute Gasteiger partial charge is 0.494 e. The van der Waals surface area contributed by atoms with E-state index in [-0.39, 0.29) is 0 Å². The Bertz CT molecular complexity index is 1060. The molecule has 0 fully saturated rings. The van der Waals surface area contributed by atoms with Crippen LogP contribution < -0.4 is 4.74 Å². The van der Waals surface area contributed by atoms with Crippen LogP contribution in [0.3, 0.4) is 0 Å². The quantitative estimate of drug-likeness (QED) is 0.520. The second-order valence-electron chi connectivity index (χ2n) is 6.07. The van der Waals surface area contributed by atoms with Gasteiger partial charge < -0.3 is 4.74 Å². The summed E-state index contributed by atoms with van der Waals surface area (Å²) in [5.41, 5.74) is 4.78. The Balaban J connectivity index is 1.75. The second-order valence-corrected chi connectivity index (χ2v) is 6.07. The van der Waals surface area contributed by atoms with Crippen LogP contribution in [0.4, 0.5) is 0 Å². The molecule has 2 aromatic carbocycles. The van der Waals surface area contributed by atoms with Gasteiger partial charge in [0.05, 0.1) is 17.8 Å². The van der Waals surface area contributed by atoms with Crippen molar-refractivity contribution in [3.8, 4) is 28.5 Å². The van der Waals surface area contributed by atoms with Crippen molar-refractivity contribution in [1.29, 1.82) is 0 Å². The molecule has 4 heteroatoms. The minimum Gasteiger partial charge on any atom is -0.494 e. The van der Waals surface area contributed by atoms with Crippen LogP contribution in [-0.2, 0) is 0 Å². The lowest BCUT2D eigenvalue weighted by Gasteiger charge is -2.09. The van der Waals surface area contributed by atoms with E-state index in [1.54, 1.807) is 0 Å². The highest BCUT2D eigenvalue weighted by Crippen LogP contribution is 2.26. The molecule has 0 aliphatic rings. The molecule has 2 heterocycles. The number of fused-ring (bicyclic) bond motifs is 1. The summed E-state index contributed by atoms with van der Waals surface area (Å²) in [4.78, 5) is 14.0. The standard InChI is InChI=1S/C22H19N3O/c1-3-26-18-11-9-16(10-12-18)21-15(2)8-13-20(24-21)22-23-14-17-6-4-5-7-19(17)25-22/h4-14H,3H2,1-2H3. The van der Waals surface area contributed by atoms with E-state index in [2.05, 4.69) is 23.0 Å². The fourth-order valence-corrected chi connectivity index (χ4v) is 2.92. The van der Waals surface area contributed by atoms with E-state index in [1.807, 2.05) is 67.7 Å². The average molecular weight is 341 g/mol. The van der Waals surface area contributed by atoms with Gasteiger partial charge in [0, 0.05) is 17.1 Å². The van der Waals surface area contributed by atoms with E-state index in [1.165, 1.54) is 0 Å². The summed E-state index contributed by atoms with van der Waals surface area (Å²) in [6.07, 6.45) is 1.84. The number of para-hydroxylation sites is 1. The maximum Gasteiger partial charge on any atom is 0.178 e. The highest BCUT2D eigenvalue weighted by Gasteiger charge is 2.10. The third kappa shape index (κ3) is 3.14. The van der Waals surface area contributed by atoms with Crippen molar-refractivity contribution in [3.05, 3.63) is 72.4 Å². The third-order valence-electron chi connectivity index (χ3n) is 4.25. The summed E-state index contributed by atoms with van der Waals surface area (Å²) in [5, 5.41) is 1.02. The van der Waals surface area contributed by atoms with Crippen LogP contribution in [0.5, 0.6) is 5.75 Å². The van der Waals surface area contributed by atoms with Crippen LogP contribution in [-0.4, -0.2) is 21.6 Å². The van der Waals surface area contributed by atoms with E-state index in [9.17, 15) is 0 Å². The van der Waals surface area contributed by atoms with Gasteiger partial charge in [-0.25, -0.2) is 15.0 Å². The molecule has 2 aromatic heterocycles. The van der Waals surface area contributed by atoms with Gasteiger partial charge in [-0.1, -0.05) is 24.3 Å². The molecule has 128 valence electrons. The van der Waals surface area contributed by atoms with Gasteiger partial charge in [0.1, 0.15) is 11.4 Å². The summed E-state index contributed by atoms with van der Waals surface area (Å²) in [6.45, 7) is 4.70. The lowest BCUT2D eigenvalue weighted by atomic mass is 10.1. The maximum absolute atomic E-state index is 5.52. The van der Waals surface area contributed by atoms with Crippen LogP contribution >= 0.6 is 0 Å². The monoisotopic (exact) mass is 341 g/mol. The first-order chi connectivity index (χ1) is 12.7. The van der Waals surface area contributed by atoms with Crippen molar-refractivity contribution >= 4 is 10.9 Å². The summed E-state index contributed by atoms with van der Waals surface area (Å²) in [5.74, 6) is 1.50. The Morgan fingerprint density at radius 2 is 1.69 bits per heavy atom. The molecule has 0 amide bonds. The van der Waals surface area contributed by atoms with Crippen molar-refractivity contribution in [1.82, 2.24) is 15.0 Å². The molecule has 0 spiro atoms. The molecule has 0 bridgehead atoms. The zero-order valence-electron chi connectivity index (χ0n) is 14.8.